The Morgan fingerprint density at radius 1 is 1.44 bits per heavy atom. The molecule has 1 atom stereocenters. The second kappa shape index (κ2) is 5.17. The van der Waals surface area contributed by atoms with Crippen LogP contribution in [0, 0.1) is 5.41 Å². The van der Waals surface area contributed by atoms with Gasteiger partial charge in [-0.05, 0) is 37.6 Å². The summed E-state index contributed by atoms with van der Waals surface area (Å²) in [5, 5.41) is 6.23. The normalized spacial score (nSPS) is 25.9. The van der Waals surface area contributed by atoms with Crippen molar-refractivity contribution in [1.82, 2.24) is 10.6 Å². The lowest BCUT2D eigenvalue weighted by Crippen LogP contribution is -2.38. The molecule has 1 heterocycles. The van der Waals surface area contributed by atoms with Gasteiger partial charge < -0.3 is 10.6 Å². The number of rotatable bonds is 6. The summed E-state index contributed by atoms with van der Waals surface area (Å²) < 4.78 is 22.6. The number of carbonyl (C=O) groups is 1. The molecule has 0 radical (unpaired) electrons. The fourth-order valence-electron chi connectivity index (χ4n) is 2.68. The Labute approximate surface area is 109 Å². The minimum Gasteiger partial charge on any atom is -0.355 e. The molecule has 2 aliphatic rings. The van der Waals surface area contributed by atoms with Crippen molar-refractivity contribution in [3.05, 3.63) is 0 Å². The van der Waals surface area contributed by atoms with E-state index in [1.165, 1.54) is 12.7 Å². The molecule has 2 N–H and O–H groups in total. The highest BCUT2D eigenvalue weighted by Crippen LogP contribution is 2.49. The molecule has 2 fully saturated rings. The van der Waals surface area contributed by atoms with E-state index in [2.05, 4.69) is 10.6 Å². The summed E-state index contributed by atoms with van der Waals surface area (Å²) in [4.78, 5) is 11.8. The van der Waals surface area contributed by atoms with Crippen molar-refractivity contribution in [3.63, 3.8) is 0 Å². The maximum absolute atomic E-state index is 11.8. The van der Waals surface area contributed by atoms with Gasteiger partial charge in [0.05, 0.1) is 5.75 Å². The van der Waals surface area contributed by atoms with Crippen molar-refractivity contribution in [2.75, 3.05) is 25.1 Å². The Hall–Kier alpha value is -0.620. The Balaban J connectivity index is 1.73. The second-order valence-corrected chi connectivity index (χ2v) is 7.98. The van der Waals surface area contributed by atoms with Gasteiger partial charge in [-0.3, -0.25) is 4.79 Å². The van der Waals surface area contributed by atoms with E-state index in [1.54, 1.807) is 0 Å². The third-order valence-corrected chi connectivity index (χ3v) is 4.91. The van der Waals surface area contributed by atoms with E-state index in [0.717, 1.165) is 25.8 Å². The standard InChI is InChI=1S/C12H22N2O3S/c1-18(16,17)9-12(4-5-12)7-11(15)14-8-10-3-2-6-13-10/h10,13H,2-9H2,1H3,(H,14,15). The number of carbonyl (C=O) groups excluding carboxylic acids is 1. The maximum atomic E-state index is 11.8. The highest BCUT2D eigenvalue weighted by Gasteiger charge is 2.46. The molecule has 6 heteroatoms. The Kier molecular flexibility index (Phi) is 3.96. The minimum atomic E-state index is -2.99. The van der Waals surface area contributed by atoms with Crippen molar-refractivity contribution in [3.8, 4) is 0 Å². The first-order valence-electron chi connectivity index (χ1n) is 6.56. The molecule has 104 valence electrons. The molecule has 1 unspecified atom stereocenters. The zero-order valence-corrected chi connectivity index (χ0v) is 11.7. The lowest BCUT2D eigenvalue weighted by atomic mass is 10.1. The average molecular weight is 274 g/mol. The Morgan fingerprint density at radius 2 is 2.17 bits per heavy atom. The van der Waals surface area contributed by atoms with E-state index in [1.807, 2.05) is 0 Å². The molecule has 5 nitrogen and oxygen atoms in total. The van der Waals surface area contributed by atoms with Crippen LogP contribution in [0.25, 0.3) is 0 Å². The first-order valence-corrected chi connectivity index (χ1v) is 8.62. The molecule has 1 aliphatic carbocycles. The number of hydrogen-bond acceptors (Lipinski definition) is 4. The first-order chi connectivity index (χ1) is 8.39. The van der Waals surface area contributed by atoms with E-state index >= 15 is 0 Å². The SMILES string of the molecule is CS(=O)(=O)CC1(CC(=O)NCC2CCCN2)CC1. The van der Waals surface area contributed by atoms with Crippen LogP contribution in [-0.4, -0.2) is 45.5 Å². The maximum Gasteiger partial charge on any atom is 0.220 e. The number of nitrogens with one attached hydrogen (secondary N) is 2. The summed E-state index contributed by atoms with van der Waals surface area (Å²) >= 11 is 0. The molecule has 0 bridgehead atoms. The zero-order chi connectivity index (χ0) is 13.2. The van der Waals surface area contributed by atoms with Crippen molar-refractivity contribution < 1.29 is 13.2 Å². The van der Waals surface area contributed by atoms with E-state index < -0.39 is 9.84 Å². The van der Waals surface area contributed by atoms with Crippen molar-refractivity contribution in [2.45, 2.75) is 38.1 Å². The van der Waals surface area contributed by atoms with Gasteiger partial charge >= 0.3 is 0 Å². The van der Waals surface area contributed by atoms with Gasteiger partial charge in [0.15, 0.2) is 0 Å². The molecule has 1 aliphatic heterocycles. The first kappa shape index (κ1) is 13.8. The van der Waals surface area contributed by atoms with Gasteiger partial charge in [-0.2, -0.15) is 0 Å². The molecule has 18 heavy (non-hydrogen) atoms. The summed E-state index contributed by atoms with van der Waals surface area (Å²) in [5.41, 5.74) is -0.263. The third-order valence-electron chi connectivity index (χ3n) is 3.77. The molecule has 0 aromatic carbocycles. The van der Waals surface area contributed by atoms with Crippen LogP contribution in [0.1, 0.15) is 32.1 Å². The number of sulfone groups is 1. The van der Waals surface area contributed by atoms with Crippen LogP contribution in [0.4, 0.5) is 0 Å². The van der Waals surface area contributed by atoms with Gasteiger partial charge in [-0.1, -0.05) is 0 Å². The fraction of sp³-hybridized carbons (Fsp3) is 0.917. The summed E-state index contributed by atoms with van der Waals surface area (Å²) in [7, 11) is -2.99. The zero-order valence-electron chi connectivity index (χ0n) is 10.9. The molecule has 1 saturated carbocycles. The van der Waals surface area contributed by atoms with E-state index in [4.69, 9.17) is 0 Å². The van der Waals surface area contributed by atoms with Gasteiger partial charge in [-0.15, -0.1) is 0 Å². The number of hydrogen-bond donors (Lipinski definition) is 2. The van der Waals surface area contributed by atoms with Crippen molar-refractivity contribution >= 4 is 15.7 Å². The molecule has 1 amide bonds. The summed E-state index contributed by atoms with van der Waals surface area (Å²) in [5.74, 6) is 0.139. The summed E-state index contributed by atoms with van der Waals surface area (Å²) in [6, 6.07) is 0.388. The smallest absolute Gasteiger partial charge is 0.220 e. The predicted molar refractivity (Wildman–Crippen MR) is 70.0 cm³/mol. The van der Waals surface area contributed by atoms with Gasteiger partial charge in [-0.25, -0.2) is 8.42 Å². The van der Waals surface area contributed by atoms with Crippen LogP contribution in [-0.2, 0) is 14.6 Å². The number of amides is 1. The monoisotopic (exact) mass is 274 g/mol. The van der Waals surface area contributed by atoms with Crippen molar-refractivity contribution in [2.24, 2.45) is 5.41 Å². The predicted octanol–water partition coefficient (Wildman–Crippen LogP) is 0.0695. The lowest BCUT2D eigenvalue weighted by molar-refractivity contribution is -0.122. The lowest BCUT2D eigenvalue weighted by Gasteiger charge is -2.15. The molecular formula is C12H22N2O3S. The quantitative estimate of drug-likeness (QED) is 0.719. The molecule has 2 rings (SSSR count). The van der Waals surface area contributed by atoms with Crippen LogP contribution < -0.4 is 10.6 Å². The summed E-state index contributed by atoms with van der Waals surface area (Å²) in [6.45, 7) is 1.69. The molecule has 0 aromatic heterocycles. The minimum absolute atomic E-state index is 0.00940. The molecule has 1 saturated heterocycles. The summed E-state index contributed by atoms with van der Waals surface area (Å²) in [6.07, 6.45) is 5.58. The van der Waals surface area contributed by atoms with Gasteiger partial charge in [0.2, 0.25) is 5.91 Å². The van der Waals surface area contributed by atoms with E-state index in [0.29, 0.717) is 19.0 Å². The Bertz CT molecular complexity index is 409. The topological polar surface area (TPSA) is 75.3 Å². The van der Waals surface area contributed by atoms with Crippen LogP contribution in [0.15, 0.2) is 0 Å². The molecular weight excluding hydrogens is 252 g/mol. The van der Waals surface area contributed by atoms with E-state index in [9.17, 15) is 13.2 Å². The fourth-order valence-corrected chi connectivity index (χ4v) is 4.18. The average Bonchev–Trinajstić information content (AvgIpc) is 2.80. The van der Waals surface area contributed by atoms with Gasteiger partial charge in [0.1, 0.15) is 9.84 Å². The largest absolute Gasteiger partial charge is 0.355 e. The molecule has 0 spiro atoms. The van der Waals surface area contributed by atoms with Crippen LogP contribution >= 0.6 is 0 Å². The highest BCUT2D eigenvalue weighted by molar-refractivity contribution is 7.90. The van der Waals surface area contributed by atoms with Gasteiger partial charge in [0, 0.05) is 25.3 Å². The highest BCUT2D eigenvalue weighted by atomic mass is 32.2. The van der Waals surface area contributed by atoms with Crippen molar-refractivity contribution in [1.29, 1.82) is 0 Å². The van der Waals surface area contributed by atoms with Crippen LogP contribution in [0.3, 0.4) is 0 Å². The van der Waals surface area contributed by atoms with Gasteiger partial charge in [0.25, 0.3) is 0 Å². The Morgan fingerprint density at radius 3 is 2.67 bits per heavy atom. The second-order valence-electron chi connectivity index (χ2n) is 5.84. The third kappa shape index (κ3) is 4.24. The van der Waals surface area contributed by atoms with Crippen LogP contribution in [0.2, 0.25) is 0 Å². The molecule has 0 aromatic rings. The van der Waals surface area contributed by atoms with E-state index in [-0.39, 0.29) is 17.1 Å². The van der Waals surface area contributed by atoms with Crippen LogP contribution in [0.5, 0.6) is 0 Å².